The predicted octanol–water partition coefficient (Wildman–Crippen LogP) is 2.06. The third-order valence-corrected chi connectivity index (χ3v) is 3.70. The van der Waals surface area contributed by atoms with E-state index in [1.807, 2.05) is 0 Å². The predicted molar refractivity (Wildman–Crippen MR) is 67.0 cm³/mol. The molecule has 2 unspecified atom stereocenters. The summed E-state index contributed by atoms with van der Waals surface area (Å²) in [6, 6.07) is 0.626. The summed E-state index contributed by atoms with van der Waals surface area (Å²) in [5.74, 6) is 0.539. The molecular weight excluding hydrogens is 200 g/mol. The van der Waals surface area contributed by atoms with Crippen molar-refractivity contribution in [3.05, 3.63) is 0 Å². The molecule has 1 rings (SSSR count). The van der Waals surface area contributed by atoms with Crippen LogP contribution in [-0.4, -0.2) is 18.5 Å². The van der Waals surface area contributed by atoms with Gasteiger partial charge in [-0.05, 0) is 43.6 Å². The van der Waals surface area contributed by atoms with Crippen molar-refractivity contribution < 1.29 is 4.79 Å². The first-order valence-electron chi connectivity index (χ1n) is 6.42. The number of nitrogens with two attached hydrogens (primary N) is 1. The molecule has 1 amide bonds. The maximum Gasteiger partial charge on any atom is 0.217 e. The van der Waals surface area contributed by atoms with E-state index in [-0.39, 0.29) is 5.91 Å². The molecule has 0 aromatic carbocycles. The highest BCUT2D eigenvalue weighted by molar-refractivity contribution is 5.73. The molecule has 3 N–H and O–H groups in total. The molecule has 1 aliphatic rings. The minimum Gasteiger partial charge on any atom is -0.370 e. The monoisotopic (exact) mass is 226 g/mol. The van der Waals surface area contributed by atoms with Crippen molar-refractivity contribution in [3.63, 3.8) is 0 Å². The van der Waals surface area contributed by atoms with Gasteiger partial charge in [-0.3, -0.25) is 4.79 Å². The van der Waals surface area contributed by atoms with Crippen LogP contribution in [0.4, 0.5) is 0 Å². The van der Waals surface area contributed by atoms with E-state index in [2.05, 4.69) is 26.1 Å². The molecule has 0 aromatic heterocycles. The Morgan fingerprint density at radius 2 is 2.19 bits per heavy atom. The lowest BCUT2D eigenvalue weighted by Crippen LogP contribution is -2.42. The van der Waals surface area contributed by atoms with Crippen LogP contribution in [-0.2, 0) is 4.79 Å². The largest absolute Gasteiger partial charge is 0.370 e. The summed E-state index contributed by atoms with van der Waals surface area (Å²) in [5, 5.41) is 3.56. The van der Waals surface area contributed by atoms with Crippen molar-refractivity contribution in [1.82, 2.24) is 5.32 Å². The number of carbonyl (C=O) groups excluding carboxylic acids is 1. The number of amides is 1. The summed E-state index contributed by atoms with van der Waals surface area (Å²) in [5.41, 5.74) is 5.61. The molecule has 3 heteroatoms. The average Bonchev–Trinajstić information content (AvgIpc) is 2.13. The fourth-order valence-electron chi connectivity index (χ4n) is 2.80. The molecule has 0 heterocycles. The van der Waals surface area contributed by atoms with Crippen LogP contribution in [0.3, 0.4) is 0 Å². The molecule has 16 heavy (non-hydrogen) atoms. The molecule has 0 aliphatic heterocycles. The highest BCUT2D eigenvalue weighted by Crippen LogP contribution is 2.38. The van der Waals surface area contributed by atoms with Gasteiger partial charge in [-0.25, -0.2) is 0 Å². The Morgan fingerprint density at radius 1 is 1.50 bits per heavy atom. The number of rotatable bonds is 5. The fraction of sp³-hybridized carbons (Fsp3) is 0.923. The number of nitrogens with one attached hydrogen (secondary N) is 1. The van der Waals surface area contributed by atoms with Crippen molar-refractivity contribution in [3.8, 4) is 0 Å². The molecule has 3 nitrogen and oxygen atoms in total. The second kappa shape index (κ2) is 5.67. The lowest BCUT2D eigenvalue weighted by Gasteiger charge is -2.39. The quantitative estimate of drug-likeness (QED) is 0.705. The van der Waals surface area contributed by atoms with Gasteiger partial charge in [0.15, 0.2) is 0 Å². The van der Waals surface area contributed by atoms with Crippen LogP contribution in [0.15, 0.2) is 0 Å². The molecular formula is C13H26N2O. The zero-order valence-corrected chi connectivity index (χ0v) is 10.9. The fourth-order valence-corrected chi connectivity index (χ4v) is 2.80. The van der Waals surface area contributed by atoms with Crippen LogP contribution in [0.1, 0.15) is 52.9 Å². The topological polar surface area (TPSA) is 55.1 Å². The van der Waals surface area contributed by atoms with E-state index >= 15 is 0 Å². The molecule has 0 saturated heterocycles. The van der Waals surface area contributed by atoms with Gasteiger partial charge in [-0.1, -0.05) is 20.8 Å². The van der Waals surface area contributed by atoms with Crippen LogP contribution in [0, 0.1) is 11.3 Å². The Morgan fingerprint density at radius 3 is 2.75 bits per heavy atom. The third-order valence-electron chi connectivity index (χ3n) is 3.70. The summed E-state index contributed by atoms with van der Waals surface area (Å²) in [4.78, 5) is 10.6. The summed E-state index contributed by atoms with van der Waals surface area (Å²) in [6.45, 7) is 7.95. The maximum atomic E-state index is 10.6. The van der Waals surface area contributed by atoms with Crippen molar-refractivity contribution in [2.24, 2.45) is 17.1 Å². The van der Waals surface area contributed by atoms with E-state index in [1.54, 1.807) is 0 Å². The van der Waals surface area contributed by atoms with Gasteiger partial charge in [0.25, 0.3) is 0 Å². The minimum atomic E-state index is -0.195. The maximum absolute atomic E-state index is 10.6. The first-order valence-corrected chi connectivity index (χ1v) is 6.42. The third kappa shape index (κ3) is 4.52. The standard InChI is InChI=1S/C13H26N2O/c1-10-9-13(2,3)7-6-11(10)15-8-4-5-12(14)16/h10-11,15H,4-9H2,1-3H3,(H2,14,16). The van der Waals surface area contributed by atoms with Gasteiger partial charge in [-0.2, -0.15) is 0 Å². The van der Waals surface area contributed by atoms with Gasteiger partial charge >= 0.3 is 0 Å². The van der Waals surface area contributed by atoms with E-state index in [1.165, 1.54) is 19.3 Å². The Balaban J connectivity index is 2.21. The van der Waals surface area contributed by atoms with Crippen LogP contribution < -0.4 is 11.1 Å². The molecule has 2 atom stereocenters. The minimum absolute atomic E-state index is 0.195. The van der Waals surface area contributed by atoms with Crippen LogP contribution >= 0.6 is 0 Å². The zero-order valence-electron chi connectivity index (χ0n) is 10.9. The van der Waals surface area contributed by atoms with Crippen LogP contribution in [0.25, 0.3) is 0 Å². The van der Waals surface area contributed by atoms with Crippen LogP contribution in [0.2, 0.25) is 0 Å². The normalized spacial score (nSPS) is 28.9. The van der Waals surface area contributed by atoms with Gasteiger partial charge in [0, 0.05) is 12.5 Å². The van der Waals surface area contributed by atoms with Crippen molar-refractivity contribution in [2.45, 2.75) is 58.9 Å². The van der Waals surface area contributed by atoms with Gasteiger partial charge in [-0.15, -0.1) is 0 Å². The molecule has 0 radical (unpaired) electrons. The summed E-state index contributed by atoms with van der Waals surface area (Å²) in [7, 11) is 0. The van der Waals surface area contributed by atoms with E-state index in [9.17, 15) is 4.79 Å². The molecule has 0 aromatic rings. The SMILES string of the molecule is CC1CC(C)(C)CCC1NCCCC(N)=O. The Labute approximate surface area is 99.2 Å². The lowest BCUT2D eigenvalue weighted by molar-refractivity contribution is -0.118. The molecule has 94 valence electrons. The Kier molecular flexibility index (Phi) is 4.78. The summed E-state index contributed by atoms with van der Waals surface area (Å²) < 4.78 is 0. The highest BCUT2D eigenvalue weighted by atomic mass is 16.1. The van der Waals surface area contributed by atoms with Gasteiger partial charge < -0.3 is 11.1 Å². The molecule has 0 spiro atoms. The summed E-state index contributed by atoms with van der Waals surface area (Å²) in [6.07, 6.45) is 5.21. The first kappa shape index (κ1) is 13.5. The van der Waals surface area contributed by atoms with Crippen molar-refractivity contribution in [1.29, 1.82) is 0 Å². The van der Waals surface area contributed by atoms with E-state index in [4.69, 9.17) is 5.73 Å². The molecule has 1 aliphatic carbocycles. The van der Waals surface area contributed by atoms with E-state index < -0.39 is 0 Å². The number of carbonyl (C=O) groups is 1. The Bertz CT molecular complexity index is 238. The van der Waals surface area contributed by atoms with E-state index in [0.29, 0.717) is 17.9 Å². The molecule has 1 saturated carbocycles. The van der Waals surface area contributed by atoms with Gasteiger partial charge in [0.2, 0.25) is 5.91 Å². The smallest absolute Gasteiger partial charge is 0.217 e. The zero-order chi connectivity index (χ0) is 12.2. The lowest BCUT2D eigenvalue weighted by atomic mass is 9.70. The van der Waals surface area contributed by atoms with E-state index in [0.717, 1.165) is 18.9 Å². The second-order valence-corrected chi connectivity index (χ2v) is 6.01. The van der Waals surface area contributed by atoms with Crippen LogP contribution in [0.5, 0.6) is 0 Å². The van der Waals surface area contributed by atoms with Gasteiger partial charge in [0.05, 0.1) is 0 Å². The number of primary amides is 1. The van der Waals surface area contributed by atoms with Crippen molar-refractivity contribution in [2.75, 3.05) is 6.54 Å². The highest BCUT2D eigenvalue weighted by Gasteiger charge is 2.31. The van der Waals surface area contributed by atoms with Crippen molar-refractivity contribution >= 4 is 5.91 Å². The summed E-state index contributed by atoms with van der Waals surface area (Å²) >= 11 is 0. The number of hydrogen-bond donors (Lipinski definition) is 2. The second-order valence-electron chi connectivity index (χ2n) is 6.01. The average molecular weight is 226 g/mol. The molecule has 1 fully saturated rings. The molecule has 0 bridgehead atoms. The number of hydrogen-bond acceptors (Lipinski definition) is 2. The first-order chi connectivity index (χ1) is 7.41. The van der Waals surface area contributed by atoms with Gasteiger partial charge in [0.1, 0.15) is 0 Å². The Hall–Kier alpha value is -0.570.